The minimum atomic E-state index is -0.457. The summed E-state index contributed by atoms with van der Waals surface area (Å²) >= 11 is 0. The van der Waals surface area contributed by atoms with Gasteiger partial charge >= 0.3 is 0 Å². The van der Waals surface area contributed by atoms with E-state index in [4.69, 9.17) is 0 Å². The molecule has 0 atom stereocenters. The van der Waals surface area contributed by atoms with Gasteiger partial charge in [0, 0.05) is 0 Å². The lowest BCUT2D eigenvalue weighted by Gasteiger charge is -1.83. The number of hydrogen-bond donors (Lipinski definition) is 2. The van der Waals surface area contributed by atoms with Crippen LogP contribution in [0.15, 0.2) is 14.1 Å². The Balaban J connectivity index is 3.20. The second-order valence-corrected chi connectivity index (χ2v) is 2.37. The van der Waals surface area contributed by atoms with Crippen LogP contribution in [0.1, 0.15) is 5.76 Å². The first-order chi connectivity index (χ1) is 5.70. The molecule has 0 amide bonds. The smallest absolute Gasteiger partial charge is 0.292 e. The number of aromatic amines is 2. The van der Waals surface area contributed by atoms with Crippen molar-refractivity contribution in [3.63, 3.8) is 0 Å². The molecule has 0 aromatic carbocycles. The van der Waals surface area contributed by atoms with E-state index in [0.29, 0.717) is 5.76 Å². The lowest BCUT2D eigenvalue weighted by Crippen LogP contribution is -2.18. The molecule has 2 N–H and O–H groups in total. The summed E-state index contributed by atoms with van der Waals surface area (Å²) in [6.07, 6.45) is 0. The molecule has 2 heterocycles. The number of rotatable bonds is 0. The van der Waals surface area contributed by atoms with Gasteiger partial charge in [0.25, 0.3) is 11.1 Å². The summed E-state index contributed by atoms with van der Waals surface area (Å²) in [6.45, 7) is 1.57. The highest BCUT2D eigenvalue weighted by molar-refractivity contribution is 5.77. The Morgan fingerprint density at radius 3 is 2.58 bits per heavy atom. The number of aryl methyl sites for hydroxylation is 1. The predicted octanol–water partition coefficient (Wildman–Crippen LogP) is -0.487. The van der Waals surface area contributed by atoms with Crippen LogP contribution in [0, 0.1) is 6.92 Å². The second-order valence-electron chi connectivity index (χ2n) is 2.37. The normalized spacial score (nSPS) is 10.8. The van der Waals surface area contributed by atoms with E-state index in [-0.39, 0.29) is 10.9 Å². The van der Waals surface area contributed by atoms with Crippen LogP contribution in [0.4, 0.5) is 0 Å². The molecule has 0 saturated heterocycles. The summed E-state index contributed by atoms with van der Waals surface area (Å²) in [7, 11) is 0. The van der Waals surface area contributed by atoms with E-state index in [0.717, 1.165) is 0 Å². The van der Waals surface area contributed by atoms with Crippen molar-refractivity contribution in [2.45, 2.75) is 6.92 Å². The Morgan fingerprint density at radius 1 is 1.25 bits per heavy atom. The lowest BCUT2D eigenvalue weighted by atomic mass is 10.3. The van der Waals surface area contributed by atoms with Gasteiger partial charge in [0.15, 0.2) is 5.52 Å². The predicted molar refractivity (Wildman–Crippen MR) is 40.0 cm³/mol. The number of aromatic nitrogens is 3. The maximum absolute atomic E-state index is 11.1. The average molecular weight is 167 g/mol. The molecule has 0 aliphatic rings. The van der Waals surface area contributed by atoms with E-state index in [1.807, 2.05) is 0 Å². The van der Waals surface area contributed by atoms with E-state index in [1.165, 1.54) is 0 Å². The first-order valence-electron chi connectivity index (χ1n) is 3.27. The molecule has 0 unspecified atom stereocenters. The van der Waals surface area contributed by atoms with Crippen LogP contribution in [0.2, 0.25) is 0 Å². The summed E-state index contributed by atoms with van der Waals surface area (Å²) in [4.78, 5) is 22.1. The van der Waals surface area contributed by atoms with E-state index in [9.17, 15) is 9.59 Å². The third-order valence-corrected chi connectivity index (χ3v) is 1.59. The molecule has 0 saturated carbocycles. The molecular weight excluding hydrogens is 162 g/mol. The van der Waals surface area contributed by atoms with Crippen molar-refractivity contribution >= 4 is 10.9 Å². The Hall–Kier alpha value is -1.85. The van der Waals surface area contributed by atoms with Gasteiger partial charge in [-0.15, -0.1) is 0 Å². The van der Waals surface area contributed by atoms with E-state index >= 15 is 0 Å². The molecule has 0 spiro atoms. The molecule has 0 bridgehead atoms. The summed E-state index contributed by atoms with van der Waals surface area (Å²) in [6, 6.07) is 0. The molecule has 6 heteroatoms. The Kier molecular flexibility index (Phi) is 1.18. The molecule has 2 rings (SSSR count). The molecule has 0 aliphatic carbocycles. The van der Waals surface area contributed by atoms with Crippen LogP contribution < -0.4 is 11.1 Å². The first-order valence-corrected chi connectivity index (χ1v) is 3.27. The fraction of sp³-hybridized carbons (Fsp3) is 0.167. The molecule has 62 valence electrons. The summed E-state index contributed by atoms with van der Waals surface area (Å²) in [5.74, 6) is 0.345. The number of nitrogens with one attached hydrogen (secondary N) is 2. The maximum atomic E-state index is 11.1. The van der Waals surface area contributed by atoms with Gasteiger partial charge in [0.2, 0.25) is 0 Å². The van der Waals surface area contributed by atoms with Gasteiger partial charge in [-0.25, -0.2) is 0 Å². The minimum absolute atomic E-state index is 0.0382. The van der Waals surface area contributed by atoms with Crippen molar-refractivity contribution < 1.29 is 4.52 Å². The standard InChI is InChI=1S/C6H5N3O3/c1-2-3-4(9-12-2)6(11)8-7-5(3)10/h1H3,(H,7,10)(H,8,11). The van der Waals surface area contributed by atoms with Gasteiger partial charge in [0.05, 0.1) is 0 Å². The minimum Gasteiger partial charge on any atom is -0.360 e. The molecule has 2 aromatic rings. The summed E-state index contributed by atoms with van der Waals surface area (Å²) < 4.78 is 4.69. The third kappa shape index (κ3) is 0.714. The highest BCUT2D eigenvalue weighted by atomic mass is 16.5. The molecule has 0 aliphatic heterocycles. The van der Waals surface area contributed by atoms with Crippen molar-refractivity contribution in [1.82, 2.24) is 15.4 Å². The van der Waals surface area contributed by atoms with Crippen LogP contribution in [0.3, 0.4) is 0 Å². The molecular formula is C6H5N3O3. The Labute approximate surface area is 65.2 Å². The summed E-state index contributed by atoms with van der Waals surface area (Å²) in [5.41, 5.74) is -0.818. The van der Waals surface area contributed by atoms with Crippen LogP contribution in [-0.2, 0) is 0 Å². The zero-order chi connectivity index (χ0) is 8.72. The number of H-pyrrole nitrogens is 2. The van der Waals surface area contributed by atoms with E-state index in [1.54, 1.807) is 6.92 Å². The van der Waals surface area contributed by atoms with Gasteiger partial charge in [-0.1, -0.05) is 5.16 Å². The number of fused-ring (bicyclic) bond motifs is 1. The highest BCUT2D eigenvalue weighted by Crippen LogP contribution is 2.06. The van der Waals surface area contributed by atoms with Gasteiger partial charge < -0.3 is 4.52 Å². The lowest BCUT2D eigenvalue weighted by molar-refractivity contribution is 0.405. The zero-order valence-corrected chi connectivity index (χ0v) is 6.17. The molecule has 6 nitrogen and oxygen atoms in total. The highest BCUT2D eigenvalue weighted by Gasteiger charge is 2.10. The molecule has 12 heavy (non-hydrogen) atoms. The fourth-order valence-corrected chi connectivity index (χ4v) is 1.03. The van der Waals surface area contributed by atoms with Crippen LogP contribution >= 0.6 is 0 Å². The van der Waals surface area contributed by atoms with Gasteiger partial charge in [0.1, 0.15) is 11.1 Å². The molecule has 0 radical (unpaired) electrons. The van der Waals surface area contributed by atoms with Crippen LogP contribution in [-0.4, -0.2) is 15.4 Å². The van der Waals surface area contributed by atoms with Crippen molar-refractivity contribution in [2.75, 3.05) is 0 Å². The maximum Gasteiger partial charge on any atom is 0.292 e. The van der Waals surface area contributed by atoms with Crippen molar-refractivity contribution in [3.05, 3.63) is 26.5 Å². The third-order valence-electron chi connectivity index (χ3n) is 1.59. The van der Waals surface area contributed by atoms with Gasteiger partial charge in [-0.2, -0.15) is 0 Å². The first kappa shape index (κ1) is 6.84. The number of nitrogens with zero attached hydrogens (tertiary/aromatic N) is 1. The molecule has 2 aromatic heterocycles. The van der Waals surface area contributed by atoms with Crippen molar-refractivity contribution in [2.24, 2.45) is 0 Å². The Morgan fingerprint density at radius 2 is 1.92 bits per heavy atom. The Bertz CT molecular complexity index is 533. The quantitative estimate of drug-likeness (QED) is 0.553. The molecule has 0 fully saturated rings. The monoisotopic (exact) mass is 167 g/mol. The largest absolute Gasteiger partial charge is 0.360 e. The topological polar surface area (TPSA) is 91.8 Å². The van der Waals surface area contributed by atoms with Crippen molar-refractivity contribution in [1.29, 1.82) is 0 Å². The second kappa shape index (κ2) is 2.07. The zero-order valence-electron chi connectivity index (χ0n) is 6.17. The van der Waals surface area contributed by atoms with Crippen LogP contribution in [0.25, 0.3) is 10.9 Å². The van der Waals surface area contributed by atoms with Gasteiger partial charge in [-0.3, -0.25) is 19.8 Å². The van der Waals surface area contributed by atoms with Gasteiger partial charge in [-0.05, 0) is 6.92 Å². The SMILES string of the molecule is Cc1onc2c(=O)[nH][nH]c(=O)c12. The van der Waals surface area contributed by atoms with E-state index in [2.05, 4.69) is 19.9 Å². The fourth-order valence-electron chi connectivity index (χ4n) is 1.03. The summed E-state index contributed by atoms with van der Waals surface area (Å²) in [5, 5.41) is 7.96. The van der Waals surface area contributed by atoms with E-state index < -0.39 is 11.1 Å². The van der Waals surface area contributed by atoms with Crippen LogP contribution in [0.5, 0.6) is 0 Å². The number of hydrogen-bond acceptors (Lipinski definition) is 4. The average Bonchev–Trinajstić information content (AvgIpc) is 2.42. The van der Waals surface area contributed by atoms with Crippen molar-refractivity contribution in [3.8, 4) is 0 Å².